The number of halogens is 1. The fourth-order valence-corrected chi connectivity index (χ4v) is 4.83. The maximum atomic E-state index is 14.9. The molecule has 2 aliphatic rings. The van der Waals surface area contributed by atoms with Crippen LogP contribution in [-0.4, -0.2) is 35.5 Å². The van der Waals surface area contributed by atoms with E-state index in [1.807, 2.05) is 32.1 Å². The molecule has 2 aromatic rings. The number of allylic oxidation sites excluding steroid dienone is 2. The summed E-state index contributed by atoms with van der Waals surface area (Å²) in [7, 11) is 0. The molecule has 0 bridgehead atoms. The summed E-state index contributed by atoms with van der Waals surface area (Å²) in [5.74, 6) is 0.821. The molecule has 0 unspecified atom stereocenters. The summed E-state index contributed by atoms with van der Waals surface area (Å²) in [4.78, 5) is 4.49. The Morgan fingerprint density at radius 2 is 1.89 bits per heavy atom. The van der Waals surface area contributed by atoms with E-state index in [1.165, 1.54) is 32.1 Å². The Balaban J connectivity index is 0.00000108. The zero-order valence-electron chi connectivity index (χ0n) is 21.9. The second kappa shape index (κ2) is 13.4. The lowest BCUT2D eigenvalue weighted by Gasteiger charge is -2.23. The zero-order chi connectivity index (χ0) is 25.2. The van der Waals surface area contributed by atoms with E-state index < -0.39 is 0 Å². The first-order valence-corrected chi connectivity index (χ1v) is 13.2. The van der Waals surface area contributed by atoms with Crippen LogP contribution < -0.4 is 10.6 Å². The van der Waals surface area contributed by atoms with Crippen LogP contribution in [0.4, 0.5) is 4.39 Å². The SMILES string of the molecule is C=C(/N=C\C=C(/C)c1c(-c2ccc(C)cc2F)n[nH]c1C1CCNCC1)NC1CCCC1.CCC. The van der Waals surface area contributed by atoms with Crippen molar-refractivity contribution in [2.24, 2.45) is 4.99 Å². The van der Waals surface area contributed by atoms with Crippen molar-refractivity contribution in [3.8, 4) is 11.3 Å². The van der Waals surface area contributed by atoms with Crippen LogP contribution >= 0.6 is 0 Å². The minimum atomic E-state index is -0.245. The van der Waals surface area contributed by atoms with E-state index >= 15 is 0 Å². The molecule has 0 amide bonds. The number of hydrogen-bond acceptors (Lipinski definition) is 4. The zero-order valence-corrected chi connectivity index (χ0v) is 21.9. The number of nitrogens with zero attached hydrogens (tertiary/aromatic N) is 2. The van der Waals surface area contributed by atoms with Crippen LogP contribution in [0.3, 0.4) is 0 Å². The molecule has 1 saturated heterocycles. The highest BCUT2D eigenvalue weighted by Gasteiger charge is 2.25. The molecule has 1 aromatic heterocycles. The third-order valence-electron chi connectivity index (χ3n) is 6.60. The molecule has 1 aliphatic carbocycles. The van der Waals surface area contributed by atoms with Gasteiger partial charge in [-0.05, 0) is 82.0 Å². The third-order valence-corrected chi connectivity index (χ3v) is 6.60. The van der Waals surface area contributed by atoms with E-state index in [2.05, 4.69) is 46.2 Å². The lowest BCUT2D eigenvalue weighted by atomic mass is 9.88. The summed E-state index contributed by atoms with van der Waals surface area (Å²) in [6.45, 7) is 14.2. The average Bonchev–Trinajstić information content (AvgIpc) is 3.50. The second-order valence-electron chi connectivity index (χ2n) is 9.78. The van der Waals surface area contributed by atoms with Crippen molar-refractivity contribution >= 4 is 11.8 Å². The van der Waals surface area contributed by atoms with Gasteiger partial charge in [0.2, 0.25) is 0 Å². The predicted molar refractivity (Wildman–Crippen MR) is 146 cm³/mol. The Labute approximate surface area is 210 Å². The highest BCUT2D eigenvalue weighted by Crippen LogP contribution is 2.37. The van der Waals surface area contributed by atoms with Gasteiger partial charge in [0, 0.05) is 35.0 Å². The molecule has 0 radical (unpaired) electrons. The third kappa shape index (κ3) is 7.38. The summed E-state index contributed by atoms with van der Waals surface area (Å²) in [5.41, 5.74) is 5.18. The summed E-state index contributed by atoms with van der Waals surface area (Å²) < 4.78 is 14.9. The van der Waals surface area contributed by atoms with E-state index in [0.717, 1.165) is 48.3 Å². The number of nitrogens with one attached hydrogen (secondary N) is 3. The summed E-state index contributed by atoms with van der Waals surface area (Å²) in [5, 5.41) is 14.7. The van der Waals surface area contributed by atoms with Gasteiger partial charge in [-0.25, -0.2) is 9.38 Å². The number of aliphatic imine (C=N–C) groups is 1. The fourth-order valence-electron chi connectivity index (χ4n) is 4.83. The van der Waals surface area contributed by atoms with Gasteiger partial charge < -0.3 is 10.6 Å². The number of H-pyrrole nitrogens is 1. The molecule has 1 aromatic carbocycles. The molecule has 6 heteroatoms. The van der Waals surface area contributed by atoms with Crippen molar-refractivity contribution in [3.05, 3.63) is 59.3 Å². The van der Waals surface area contributed by atoms with E-state index in [1.54, 1.807) is 12.3 Å². The van der Waals surface area contributed by atoms with Gasteiger partial charge >= 0.3 is 0 Å². The number of aromatic nitrogens is 2. The molecule has 190 valence electrons. The number of benzene rings is 1. The fraction of sp³-hybridized carbons (Fsp3) is 0.517. The van der Waals surface area contributed by atoms with Crippen LogP contribution in [0.5, 0.6) is 0 Å². The molecule has 2 fully saturated rings. The van der Waals surface area contributed by atoms with Crippen LogP contribution in [0.2, 0.25) is 0 Å². The van der Waals surface area contributed by atoms with Crippen molar-refractivity contribution in [1.82, 2.24) is 20.8 Å². The first-order valence-electron chi connectivity index (χ1n) is 13.2. The number of hydrogen-bond donors (Lipinski definition) is 3. The van der Waals surface area contributed by atoms with Gasteiger partial charge in [0.25, 0.3) is 0 Å². The largest absolute Gasteiger partial charge is 0.368 e. The molecule has 0 spiro atoms. The van der Waals surface area contributed by atoms with Gasteiger partial charge in [0.1, 0.15) is 17.3 Å². The first kappa shape index (κ1) is 26.9. The normalized spacial score (nSPS) is 17.5. The number of aromatic amines is 1. The van der Waals surface area contributed by atoms with Gasteiger partial charge in [-0.2, -0.15) is 5.10 Å². The molecule has 3 N–H and O–H groups in total. The van der Waals surface area contributed by atoms with Crippen molar-refractivity contribution < 1.29 is 4.39 Å². The predicted octanol–water partition coefficient (Wildman–Crippen LogP) is 6.89. The van der Waals surface area contributed by atoms with Gasteiger partial charge in [-0.15, -0.1) is 0 Å². The summed E-state index contributed by atoms with van der Waals surface area (Å²) >= 11 is 0. The minimum absolute atomic E-state index is 0.245. The molecule has 35 heavy (non-hydrogen) atoms. The lowest BCUT2D eigenvalue weighted by molar-refractivity contribution is 0.452. The van der Waals surface area contributed by atoms with Crippen LogP contribution in [0.1, 0.15) is 88.5 Å². The Kier molecular flexibility index (Phi) is 10.3. The Hall–Kier alpha value is -2.73. The average molecular weight is 480 g/mol. The van der Waals surface area contributed by atoms with Gasteiger partial charge in [-0.1, -0.05) is 45.8 Å². The highest BCUT2D eigenvalue weighted by molar-refractivity contribution is 5.89. The summed E-state index contributed by atoms with van der Waals surface area (Å²) in [6, 6.07) is 5.81. The Morgan fingerprint density at radius 3 is 2.54 bits per heavy atom. The lowest BCUT2D eigenvalue weighted by Crippen LogP contribution is -2.27. The number of rotatable bonds is 7. The summed E-state index contributed by atoms with van der Waals surface area (Å²) in [6.07, 6.45) is 12.0. The van der Waals surface area contributed by atoms with Gasteiger partial charge in [0.15, 0.2) is 0 Å². The molecular formula is C29H42FN5. The van der Waals surface area contributed by atoms with Crippen molar-refractivity contribution in [2.75, 3.05) is 13.1 Å². The van der Waals surface area contributed by atoms with Crippen LogP contribution in [0.25, 0.3) is 16.8 Å². The molecule has 1 saturated carbocycles. The van der Waals surface area contributed by atoms with Crippen molar-refractivity contribution in [1.29, 1.82) is 0 Å². The monoisotopic (exact) mass is 479 g/mol. The minimum Gasteiger partial charge on any atom is -0.368 e. The molecule has 0 atom stereocenters. The first-order chi connectivity index (χ1) is 16.9. The highest BCUT2D eigenvalue weighted by atomic mass is 19.1. The molecule has 5 nitrogen and oxygen atoms in total. The smallest absolute Gasteiger partial charge is 0.132 e. The number of aryl methyl sites for hydroxylation is 1. The van der Waals surface area contributed by atoms with Crippen LogP contribution in [-0.2, 0) is 0 Å². The van der Waals surface area contributed by atoms with E-state index in [0.29, 0.717) is 29.0 Å². The second-order valence-corrected chi connectivity index (χ2v) is 9.78. The van der Waals surface area contributed by atoms with Crippen LogP contribution in [0.15, 0.2) is 41.7 Å². The van der Waals surface area contributed by atoms with E-state index in [-0.39, 0.29) is 5.82 Å². The maximum Gasteiger partial charge on any atom is 0.132 e. The number of piperidine rings is 1. The molecular weight excluding hydrogens is 437 g/mol. The standard InChI is InChI=1S/C26H34FN5.C3H8/c1-17-8-9-22(23(27)16-17)26-24(25(31-32-26)20-11-13-28-14-12-20)18(2)10-15-29-19(3)30-21-6-4-5-7-21;1-3-2/h8-10,15-16,20-21,28,30H,3-7,11-14H2,1-2H3,(H,31,32);3H2,1-2H3/b18-10+,29-15-;. The van der Waals surface area contributed by atoms with Crippen molar-refractivity contribution in [3.63, 3.8) is 0 Å². The quantitative estimate of drug-likeness (QED) is 0.379. The molecule has 1 aliphatic heterocycles. The topological polar surface area (TPSA) is 65.1 Å². The molecule has 2 heterocycles. The maximum absolute atomic E-state index is 14.9. The van der Waals surface area contributed by atoms with Gasteiger partial charge in [-0.3, -0.25) is 5.10 Å². The Morgan fingerprint density at radius 1 is 1.20 bits per heavy atom. The Bertz CT molecular complexity index is 1020. The van der Waals surface area contributed by atoms with Crippen molar-refractivity contribution in [2.45, 2.75) is 84.6 Å². The molecule has 4 rings (SSSR count). The van der Waals surface area contributed by atoms with Crippen LogP contribution in [0, 0.1) is 12.7 Å². The van der Waals surface area contributed by atoms with Gasteiger partial charge in [0.05, 0.1) is 0 Å². The van der Waals surface area contributed by atoms with E-state index in [9.17, 15) is 4.39 Å². The van der Waals surface area contributed by atoms with E-state index in [4.69, 9.17) is 0 Å².